The summed E-state index contributed by atoms with van der Waals surface area (Å²) in [7, 11) is 3.10. The second-order valence-electron chi connectivity index (χ2n) is 3.88. The van der Waals surface area contributed by atoms with E-state index in [4.69, 9.17) is 0 Å². The van der Waals surface area contributed by atoms with Crippen LogP contribution in [0.4, 0.5) is 0 Å². The van der Waals surface area contributed by atoms with Crippen LogP contribution < -0.4 is 11.2 Å². The number of rotatable bonds is 1. The van der Waals surface area contributed by atoms with Gasteiger partial charge in [0.15, 0.2) is 0 Å². The van der Waals surface area contributed by atoms with E-state index in [0.717, 1.165) is 15.0 Å². The maximum absolute atomic E-state index is 12.1. The molecule has 0 atom stereocenters. The molecule has 0 aromatic carbocycles. The number of nitrogens with zero attached hydrogens (tertiary/aromatic N) is 3. The average Bonchev–Trinajstić information content (AvgIpc) is 2.33. The van der Waals surface area contributed by atoms with Crippen molar-refractivity contribution in [2.45, 2.75) is 11.8 Å². The third-order valence-corrected chi connectivity index (χ3v) is 3.74. The van der Waals surface area contributed by atoms with E-state index in [1.807, 2.05) is 13.2 Å². The molecule has 90 valence electrons. The molecule has 0 N–H and O–H groups in total. The first-order chi connectivity index (χ1) is 7.99. The van der Waals surface area contributed by atoms with Gasteiger partial charge in [0.05, 0.1) is 5.39 Å². The van der Waals surface area contributed by atoms with E-state index in [9.17, 15) is 9.59 Å². The lowest BCUT2D eigenvalue weighted by Gasteiger charge is -2.10. The van der Waals surface area contributed by atoms with Gasteiger partial charge in [-0.1, -0.05) is 0 Å². The normalized spacial score (nSPS) is 11.1. The van der Waals surface area contributed by atoms with Crippen LogP contribution in [-0.2, 0) is 14.1 Å². The molecule has 2 aromatic rings. The quantitative estimate of drug-likeness (QED) is 0.699. The van der Waals surface area contributed by atoms with Gasteiger partial charge in [-0.2, -0.15) is 0 Å². The van der Waals surface area contributed by atoms with Crippen molar-refractivity contribution in [1.82, 2.24) is 14.1 Å². The van der Waals surface area contributed by atoms with E-state index in [1.54, 1.807) is 13.2 Å². The van der Waals surface area contributed by atoms with Gasteiger partial charge in [0.1, 0.15) is 5.65 Å². The SMILES string of the molecule is CSc1c(C)cnc2c1c(=O)n(C)c(=O)n2C. The van der Waals surface area contributed by atoms with Gasteiger partial charge < -0.3 is 0 Å². The van der Waals surface area contributed by atoms with Crippen molar-refractivity contribution in [3.8, 4) is 0 Å². The largest absolute Gasteiger partial charge is 0.332 e. The van der Waals surface area contributed by atoms with Crippen LogP contribution in [-0.4, -0.2) is 20.4 Å². The molecule has 0 aliphatic carbocycles. The summed E-state index contributed by atoms with van der Waals surface area (Å²) in [6, 6.07) is 0. The summed E-state index contributed by atoms with van der Waals surface area (Å²) in [5.41, 5.74) is 0.739. The average molecular weight is 251 g/mol. The summed E-state index contributed by atoms with van der Waals surface area (Å²) < 4.78 is 2.51. The maximum atomic E-state index is 12.1. The summed E-state index contributed by atoms with van der Waals surface area (Å²) in [4.78, 5) is 29.0. The molecule has 0 radical (unpaired) electrons. The molecule has 17 heavy (non-hydrogen) atoms. The Labute approximate surface area is 102 Å². The van der Waals surface area contributed by atoms with Crippen molar-refractivity contribution >= 4 is 22.8 Å². The highest BCUT2D eigenvalue weighted by Crippen LogP contribution is 2.24. The first kappa shape index (κ1) is 11.9. The topological polar surface area (TPSA) is 56.9 Å². The van der Waals surface area contributed by atoms with E-state index >= 15 is 0 Å². The summed E-state index contributed by atoms with van der Waals surface area (Å²) >= 11 is 1.49. The molecule has 2 rings (SSSR count). The molecular formula is C11H13N3O2S. The Kier molecular flexibility index (Phi) is 2.82. The molecule has 0 bridgehead atoms. The van der Waals surface area contributed by atoms with E-state index in [1.165, 1.54) is 23.4 Å². The second-order valence-corrected chi connectivity index (χ2v) is 4.70. The van der Waals surface area contributed by atoms with Crippen molar-refractivity contribution in [2.75, 3.05) is 6.26 Å². The standard InChI is InChI=1S/C11H13N3O2S/c1-6-5-12-9-7(8(6)17-4)10(15)14(3)11(16)13(9)2/h5H,1-4H3. The number of fused-ring (bicyclic) bond motifs is 1. The van der Waals surface area contributed by atoms with Gasteiger partial charge in [-0.15, -0.1) is 11.8 Å². The lowest BCUT2D eigenvalue weighted by atomic mass is 10.2. The zero-order valence-electron chi connectivity index (χ0n) is 10.1. The summed E-state index contributed by atoms with van der Waals surface area (Å²) in [6.45, 7) is 1.91. The molecule has 5 nitrogen and oxygen atoms in total. The molecule has 0 amide bonds. The van der Waals surface area contributed by atoms with Crippen molar-refractivity contribution in [1.29, 1.82) is 0 Å². The molecule has 0 saturated heterocycles. The van der Waals surface area contributed by atoms with Crippen LogP contribution in [0.3, 0.4) is 0 Å². The highest BCUT2D eigenvalue weighted by molar-refractivity contribution is 7.98. The van der Waals surface area contributed by atoms with Crippen LogP contribution >= 0.6 is 11.8 Å². The van der Waals surface area contributed by atoms with Gasteiger partial charge in [-0.25, -0.2) is 9.78 Å². The molecule has 6 heteroatoms. The minimum atomic E-state index is -0.356. The minimum absolute atomic E-state index is 0.288. The second kappa shape index (κ2) is 4.03. The molecule has 0 saturated carbocycles. The minimum Gasteiger partial charge on any atom is -0.280 e. The Hall–Kier alpha value is -1.56. The molecule has 0 unspecified atom stereocenters. The Morgan fingerprint density at radius 1 is 1.24 bits per heavy atom. The predicted molar refractivity (Wildman–Crippen MR) is 68.7 cm³/mol. The number of hydrogen-bond acceptors (Lipinski definition) is 4. The smallest absolute Gasteiger partial charge is 0.280 e. The molecule has 0 fully saturated rings. The fraction of sp³-hybridized carbons (Fsp3) is 0.364. The highest BCUT2D eigenvalue weighted by Gasteiger charge is 2.14. The van der Waals surface area contributed by atoms with Gasteiger partial charge in [-0.05, 0) is 18.7 Å². The number of aryl methyl sites for hydroxylation is 2. The summed E-state index contributed by atoms with van der Waals surface area (Å²) in [6.07, 6.45) is 3.60. The van der Waals surface area contributed by atoms with Crippen LogP contribution in [0.5, 0.6) is 0 Å². The number of thioether (sulfide) groups is 1. The summed E-state index contributed by atoms with van der Waals surface area (Å²) in [5.74, 6) is 0. The molecular weight excluding hydrogens is 238 g/mol. The van der Waals surface area contributed by atoms with Crippen LogP contribution in [0.2, 0.25) is 0 Å². The lowest BCUT2D eigenvalue weighted by molar-refractivity contribution is 0.705. The first-order valence-corrected chi connectivity index (χ1v) is 6.30. The van der Waals surface area contributed by atoms with Gasteiger partial charge in [0.2, 0.25) is 0 Å². The van der Waals surface area contributed by atoms with Gasteiger partial charge >= 0.3 is 5.69 Å². The number of aromatic nitrogens is 3. The van der Waals surface area contributed by atoms with Gasteiger partial charge in [-0.3, -0.25) is 13.9 Å². The Balaban J connectivity index is 3.18. The lowest BCUT2D eigenvalue weighted by Crippen LogP contribution is -2.37. The number of pyridine rings is 1. The Bertz CT molecular complexity index is 715. The van der Waals surface area contributed by atoms with Crippen LogP contribution in [0.1, 0.15) is 5.56 Å². The van der Waals surface area contributed by atoms with Crippen molar-refractivity contribution < 1.29 is 0 Å². The van der Waals surface area contributed by atoms with Crippen molar-refractivity contribution in [3.63, 3.8) is 0 Å². The first-order valence-electron chi connectivity index (χ1n) is 5.08. The molecule has 2 aromatic heterocycles. The highest BCUT2D eigenvalue weighted by atomic mass is 32.2. The van der Waals surface area contributed by atoms with Crippen LogP contribution in [0.25, 0.3) is 11.0 Å². The zero-order chi connectivity index (χ0) is 12.7. The van der Waals surface area contributed by atoms with Crippen molar-refractivity contribution in [3.05, 3.63) is 32.6 Å². The van der Waals surface area contributed by atoms with Crippen molar-refractivity contribution in [2.24, 2.45) is 14.1 Å². The van der Waals surface area contributed by atoms with Gasteiger partial charge in [0.25, 0.3) is 5.56 Å². The third-order valence-electron chi connectivity index (χ3n) is 2.80. The van der Waals surface area contributed by atoms with E-state index in [0.29, 0.717) is 11.0 Å². The Morgan fingerprint density at radius 3 is 2.47 bits per heavy atom. The van der Waals surface area contributed by atoms with E-state index in [-0.39, 0.29) is 11.2 Å². The fourth-order valence-corrected chi connectivity index (χ4v) is 2.62. The third kappa shape index (κ3) is 1.59. The molecule has 0 spiro atoms. The van der Waals surface area contributed by atoms with Gasteiger partial charge in [0, 0.05) is 25.2 Å². The maximum Gasteiger partial charge on any atom is 0.332 e. The molecule has 0 aliphatic rings. The molecule has 2 heterocycles. The van der Waals surface area contributed by atoms with E-state index in [2.05, 4.69) is 4.98 Å². The predicted octanol–water partition coefficient (Wildman–Crippen LogP) is 0.663. The summed E-state index contributed by atoms with van der Waals surface area (Å²) in [5, 5.41) is 0.516. The van der Waals surface area contributed by atoms with E-state index < -0.39 is 0 Å². The van der Waals surface area contributed by atoms with Crippen LogP contribution in [0.15, 0.2) is 20.7 Å². The number of hydrogen-bond donors (Lipinski definition) is 0. The monoisotopic (exact) mass is 251 g/mol. The van der Waals surface area contributed by atoms with Crippen LogP contribution in [0, 0.1) is 6.92 Å². The fourth-order valence-electron chi connectivity index (χ4n) is 1.86. The zero-order valence-corrected chi connectivity index (χ0v) is 11.0. The Morgan fingerprint density at radius 2 is 1.88 bits per heavy atom. The molecule has 0 aliphatic heterocycles.